The van der Waals surface area contributed by atoms with Gasteiger partial charge in [-0.1, -0.05) is 23.2 Å². The molecule has 0 saturated heterocycles. The maximum Gasteiger partial charge on any atom is 0.242 e. The quantitative estimate of drug-likeness (QED) is 0.792. The van der Waals surface area contributed by atoms with Gasteiger partial charge in [0.25, 0.3) is 0 Å². The van der Waals surface area contributed by atoms with Gasteiger partial charge in [-0.05, 0) is 25.1 Å². The number of carbonyl (C=O) groups excluding carboxylic acids is 1. The summed E-state index contributed by atoms with van der Waals surface area (Å²) in [5, 5.41) is 6.83. The normalized spacial score (nSPS) is 12.0. The van der Waals surface area contributed by atoms with Crippen molar-refractivity contribution in [3.8, 4) is 0 Å². The van der Waals surface area contributed by atoms with Crippen molar-refractivity contribution in [2.24, 2.45) is 0 Å². The lowest BCUT2D eigenvalue weighted by atomic mass is 10.2. The number of ether oxygens (including phenoxy) is 1. The number of hydrogen-bond donors (Lipinski definition) is 2. The first-order chi connectivity index (χ1) is 8.54. The highest BCUT2D eigenvalue weighted by atomic mass is 35.5. The molecule has 100 valence electrons. The fourth-order valence-electron chi connectivity index (χ4n) is 1.34. The fraction of sp³-hybridized carbons (Fsp3) is 0.417. The highest BCUT2D eigenvalue weighted by Crippen LogP contribution is 2.25. The molecule has 1 aromatic rings. The largest absolute Gasteiger partial charge is 0.383 e. The molecule has 0 aliphatic rings. The highest BCUT2D eigenvalue weighted by Gasteiger charge is 2.13. The smallest absolute Gasteiger partial charge is 0.242 e. The summed E-state index contributed by atoms with van der Waals surface area (Å²) in [5.74, 6) is -0.122. The van der Waals surface area contributed by atoms with Gasteiger partial charge in [0.05, 0.1) is 17.3 Å². The standard InChI is InChI=1S/C12H16Cl2N2O2/c1-8(12(17)15-5-6-18-2)16-11-7-9(13)3-4-10(11)14/h3-4,7-8,16H,5-6H2,1-2H3,(H,15,17). The maximum absolute atomic E-state index is 11.7. The molecule has 0 aliphatic heterocycles. The van der Waals surface area contributed by atoms with Gasteiger partial charge in [0, 0.05) is 18.7 Å². The molecule has 1 rings (SSSR count). The molecular weight excluding hydrogens is 275 g/mol. The van der Waals surface area contributed by atoms with Crippen molar-refractivity contribution in [3.63, 3.8) is 0 Å². The Morgan fingerprint density at radius 3 is 2.83 bits per heavy atom. The van der Waals surface area contributed by atoms with E-state index in [1.54, 1.807) is 32.2 Å². The number of nitrogens with one attached hydrogen (secondary N) is 2. The van der Waals surface area contributed by atoms with Gasteiger partial charge in [-0.15, -0.1) is 0 Å². The van der Waals surface area contributed by atoms with Crippen LogP contribution in [0.5, 0.6) is 0 Å². The zero-order chi connectivity index (χ0) is 13.5. The van der Waals surface area contributed by atoms with Crippen LogP contribution in [-0.4, -0.2) is 32.2 Å². The van der Waals surface area contributed by atoms with Crippen LogP contribution in [0, 0.1) is 0 Å². The monoisotopic (exact) mass is 290 g/mol. The highest BCUT2D eigenvalue weighted by molar-refractivity contribution is 6.35. The molecule has 1 amide bonds. The van der Waals surface area contributed by atoms with Crippen molar-refractivity contribution in [3.05, 3.63) is 28.2 Å². The lowest BCUT2D eigenvalue weighted by Crippen LogP contribution is -2.39. The third-order valence-corrected chi connectivity index (χ3v) is 2.86. The van der Waals surface area contributed by atoms with E-state index in [9.17, 15) is 4.79 Å². The molecule has 2 N–H and O–H groups in total. The molecule has 1 atom stereocenters. The van der Waals surface area contributed by atoms with E-state index >= 15 is 0 Å². The molecule has 0 aromatic heterocycles. The zero-order valence-corrected chi connectivity index (χ0v) is 11.8. The molecule has 6 heteroatoms. The van der Waals surface area contributed by atoms with Gasteiger partial charge >= 0.3 is 0 Å². The third kappa shape index (κ3) is 4.72. The molecule has 18 heavy (non-hydrogen) atoms. The second kappa shape index (κ2) is 7.46. The van der Waals surface area contributed by atoms with Gasteiger partial charge in [-0.2, -0.15) is 0 Å². The van der Waals surface area contributed by atoms with E-state index in [4.69, 9.17) is 27.9 Å². The van der Waals surface area contributed by atoms with Crippen LogP contribution in [0.25, 0.3) is 0 Å². The van der Waals surface area contributed by atoms with Crippen LogP contribution in [0.4, 0.5) is 5.69 Å². The van der Waals surface area contributed by atoms with Gasteiger partial charge in [0.2, 0.25) is 5.91 Å². The predicted molar refractivity (Wildman–Crippen MR) is 74.4 cm³/mol. The molecule has 4 nitrogen and oxygen atoms in total. The summed E-state index contributed by atoms with van der Waals surface area (Å²) in [4.78, 5) is 11.7. The Hall–Kier alpha value is -0.970. The van der Waals surface area contributed by atoms with Gasteiger partial charge in [-0.3, -0.25) is 4.79 Å². The van der Waals surface area contributed by atoms with E-state index in [1.807, 2.05) is 0 Å². The second-order valence-electron chi connectivity index (χ2n) is 3.77. The van der Waals surface area contributed by atoms with Crippen LogP contribution in [-0.2, 0) is 9.53 Å². The average molecular weight is 291 g/mol. The number of rotatable bonds is 6. The molecule has 0 saturated carbocycles. The average Bonchev–Trinajstić information content (AvgIpc) is 2.34. The lowest BCUT2D eigenvalue weighted by Gasteiger charge is -2.16. The topological polar surface area (TPSA) is 50.4 Å². The minimum Gasteiger partial charge on any atom is -0.383 e. The molecule has 0 aliphatic carbocycles. The van der Waals surface area contributed by atoms with E-state index in [0.29, 0.717) is 28.9 Å². The van der Waals surface area contributed by atoms with Gasteiger partial charge in [0.1, 0.15) is 6.04 Å². The Balaban J connectivity index is 2.55. The maximum atomic E-state index is 11.7. The molecule has 0 heterocycles. The SMILES string of the molecule is COCCNC(=O)C(C)Nc1cc(Cl)ccc1Cl. The Kier molecular flexibility index (Phi) is 6.25. The number of methoxy groups -OCH3 is 1. The van der Waals surface area contributed by atoms with Crippen molar-refractivity contribution in [1.29, 1.82) is 0 Å². The van der Waals surface area contributed by atoms with E-state index < -0.39 is 6.04 Å². The number of benzene rings is 1. The first-order valence-electron chi connectivity index (χ1n) is 5.53. The summed E-state index contributed by atoms with van der Waals surface area (Å²) in [5.41, 5.74) is 0.638. The molecule has 0 radical (unpaired) electrons. The summed E-state index contributed by atoms with van der Waals surface area (Å²) in [6.45, 7) is 2.71. The first kappa shape index (κ1) is 15.1. The van der Waals surface area contributed by atoms with Crippen LogP contribution in [0.1, 0.15) is 6.92 Å². The third-order valence-electron chi connectivity index (χ3n) is 2.30. The summed E-state index contributed by atoms with van der Waals surface area (Å²) in [6, 6.07) is 4.65. The summed E-state index contributed by atoms with van der Waals surface area (Å²) >= 11 is 11.9. The van der Waals surface area contributed by atoms with Gasteiger partial charge < -0.3 is 15.4 Å². The fourth-order valence-corrected chi connectivity index (χ4v) is 1.68. The molecule has 0 fully saturated rings. The minimum absolute atomic E-state index is 0.122. The molecular formula is C12H16Cl2N2O2. The Labute approximate surface area is 117 Å². The second-order valence-corrected chi connectivity index (χ2v) is 4.62. The van der Waals surface area contributed by atoms with E-state index in [0.717, 1.165) is 0 Å². The molecule has 1 unspecified atom stereocenters. The van der Waals surface area contributed by atoms with Gasteiger partial charge in [-0.25, -0.2) is 0 Å². The molecule has 1 aromatic carbocycles. The van der Waals surface area contributed by atoms with Crippen molar-refractivity contribution in [2.75, 3.05) is 25.6 Å². The van der Waals surface area contributed by atoms with Crippen LogP contribution >= 0.6 is 23.2 Å². The predicted octanol–water partition coefficient (Wildman–Crippen LogP) is 2.56. The Morgan fingerprint density at radius 2 is 2.17 bits per heavy atom. The zero-order valence-electron chi connectivity index (χ0n) is 10.3. The summed E-state index contributed by atoms with van der Waals surface area (Å²) in [6.07, 6.45) is 0. The minimum atomic E-state index is -0.405. The van der Waals surface area contributed by atoms with Crippen molar-refractivity contribution >= 4 is 34.8 Å². The summed E-state index contributed by atoms with van der Waals surface area (Å²) in [7, 11) is 1.58. The Bertz CT molecular complexity index is 413. The Morgan fingerprint density at radius 1 is 1.44 bits per heavy atom. The lowest BCUT2D eigenvalue weighted by molar-refractivity contribution is -0.121. The van der Waals surface area contributed by atoms with Gasteiger partial charge in [0.15, 0.2) is 0 Å². The number of halogens is 2. The van der Waals surface area contributed by atoms with Crippen LogP contribution in [0.3, 0.4) is 0 Å². The first-order valence-corrected chi connectivity index (χ1v) is 6.28. The number of hydrogen-bond acceptors (Lipinski definition) is 3. The van der Waals surface area contributed by atoms with Crippen molar-refractivity contribution < 1.29 is 9.53 Å². The molecule has 0 bridgehead atoms. The van der Waals surface area contributed by atoms with Crippen LogP contribution < -0.4 is 10.6 Å². The van der Waals surface area contributed by atoms with Crippen molar-refractivity contribution in [1.82, 2.24) is 5.32 Å². The van der Waals surface area contributed by atoms with E-state index in [1.165, 1.54) is 0 Å². The van der Waals surface area contributed by atoms with Crippen LogP contribution in [0.2, 0.25) is 10.0 Å². The molecule has 0 spiro atoms. The number of anilines is 1. The van der Waals surface area contributed by atoms with E-state index in [2.05, 4.69) is 10.6 Å². The van der Waals surface area contributed by atoms with E-state index in [-0.39, 0.29) is 5.91 Å². The number of amides is 1. The summed E-state index contributed by atoms with van der Waals surface area (Å²) < 4.78 is 4.85. The van der Waals surface area contributed by atoms with Crippen LogP contribution in [0.15, 0.2) is 18.2 Å². The number of carbonyl (C=O) groups is 1. The van der Waals surface area contributed by atoms with Crippen molar-refractivity contribution in [2.45, 2.75) is 13.0 Å².